The molecule has 0 spiro atoms. The normalized spacial score (nSPS) is 17.0. The van der Waals surface area contributed by atoms with Gasteiger partial charge in [0.25, 0.3) is 0 Å². The molecule has 1 aromatic heterocycles. The minimum Gasteiger partial charge on any atom is -0.453 e. The number of nitrogens with two attached hydrogens (primary N) is 1. The predicted molar refractivity (Wildman–Crippen MR) is 82.4 cm³/mol. The van der Waals surface area contributed by atoms with Crippen molar-refractivity contribution in [1.82, 2.24) is 9.78 Å². The summed E-state index contributed by atoms with van der Waals surface area (Å²) in [4.78, 5) is 11.6. The average Bonchev–Trinajstić information content (AvgIpc) is 2.99. The molecular weight excluding hydrogens is 336 g/mol. The van der Waals surface area contributed by atoms with E-state index in [0.717, 1.165) is 10.0 Å². The van der Waals surface area contributed by atoms with Gasteiger partial charge in [-0.3, -0.25) is 9.48 Å². The van der Waals surface area contributed by atoms with E-state index in [1.54, 1.807) is 18.3 Å². The topological polar surface area (TPSA) is 82.2 Å². The first-order valence-electron chi connectivity index (χ1n) is 6.57. The second kappa shape index (κ2) is 5.16. The first-order chi connectivity index (χ1) is 9.95. The van der Waals surface area contributed by atoms with Gasteiger partial charge in [0.15, 0.2) is 5.75 Å². The van der Waals surface area contributed by atoms with Gasteiger partial charge in [-0.25, -0.2) is 0 Å². The monoisotopic (exact) mass is 350 g/mol. The molecule has 1 amide bonds. The first-order valence-corrected chi connectivity index (χ1v) is 7.37. The summed E-state index contributed by atoms with van der Waals surface area (Å²) < 4.78 is 8.37. The minimum atomic E-state index is -0.631. The fourth-order valence-corrected chi connectivity index (χ4v) is 2.59. The van der Waals surface area contributed by atoms with Gasteiger partial charge in [-0.05, 0) is 35.8 Å². The van der Waals surface area contributed by atoms with E-state index in [1.165, 1.54) is 0 Å². The van der Waals surface area contributed by atoms with Crippen LogP contribution in [0, 0.1) is 0 Å². The fourth-order valence-electron chi connectivity index (χ4n) is 2.15. The first kappa shape index (κ1) is 14.1. The second-order valence-corrected chi connectivity index (χ2v) is 6.04. The highest BCUT2D eigenvalue weighted by molar-refractivity contribution is 9.10. The third kappa shape index (κ3) is 2.54. The number of halogens is 1. The Morgan fingerprint density at radius 1 is 1.48 bits per heavy atom. The van der Waals surface area contributed by atoms with Gasteiger partial charge in [0.05, 0.1) is 16.9 Å². The molecule has 110 valence electrons. The molecule has 1 atom stereocenters. The van der Waals surface area contributed by atoms with E-state index < -0.39 is 6.04 Å². The fraction of sp³-hybridized carbons (Fsp3) is 0.286. The molecule has 0 aliphatic carbocycles. The number of hydrogen-bond acceptors (Lipinski definition) is 4. The molecule has 2 heterocycles. The van der Waals surface area contributed by atoms with Crippen molar-refractivity contribution in [1.29, 1.82) is 0 Å². The summed E-state index contributed by atoms with van der Waals surface area (Å²) in [6.45, 7) is 4.08. The summed E-state index contributed by atoms with van der Waals surface area (Å²) in [6, 6.07) is 3.20. The van der Waals surface area contributed by atoms with Gasteiger partial charge in [0, 0.05) is 23.4 Å². The van der Waals surface area contributed by atoms with E-state index in [1.807, 2.05) is 24.7 Å². The van der Waals surface area contributed by atoms with Crippen LogP contribution in [0.1, 0.15) is 31.5 Å². The third-order valence-corrected chi connectivity index (χ3v) is 3.93. The van der Waals surface area contributed by atoms with Gasteiger partial charge in [-0.1, -0.05) is 0 Å². The van der Waals surface area contributed by atoms with Crippen LogP contribution in [0.3, 0.4) is 0 Å². The van der Waals surface area contributed by atoms with Gasteiger partial charge in [-0.15, -0.1) is 0 Å². The average molecular weight is 351 g/mol. The molecule has 7 heteroatoms. The molecule has 1 aliphatic rings. The number of ether oxygens (including phenoxy) is 1. The number of aromatic nitrogens is 2. The van der Waals surface area contributed by atoms with Crippen molar-refractivity contribution in [3.05, 3.63) is 34.6 Å². The Bertz CT molecular complexity index is 711. The summed E-state index contributed by atoms with van der Waals surface area (Å²) >= 11 is 3.44. The van der Waals surface area contributed by atoms with Gasteiger partial charge in [-0.2, -0.15) is 5.10 Å². The Kier molecular flexibility index (Phi) is 3.46. The zero-order valence-electron chi connectivity index (χ0n) is 11.6. The maximum atomic E-state index is 11.6. The smallest absolute Gasteiger partial charge is 0.245 e. The summed E-state index contributed by atoms with van der Waals surface area (Å²) in [6.07, 6.45) is 3.48. The molecule has 1 aromatic carbocycles. The number of amides is 1. The highest BCUT2D eigenvalue weighted by Gasteiger charge is 2.28. The van der Waals surface area contributed by atoms with Crippen LogP contribution in [0.4, 0.5) is 5.69 Å². The molecule has 1 unspecified atom stereocenters. The molecule has 0 radical (unpaired) electrons. The quantitative estimate of drug-likeness (QED) is 0.891. The van der Waals surface area contributed by atoms with Crippen molar-refractivity contribution in [3.63, 3.8) is 0 Å². The highest BCUT2D eigenvalue weighted by Crippen LogP contribution is 2.39. The molecule has 3 rings (SSSR count). The van der Waals surface area contributed by atoms with E-state index in [9.17, 15) is 4.79 Å². The Balaban J connectivity index is 1.89. The van der Waals surface area contributed by atoms with E-state index in [2.05, 4.69) is 26.3 Å². The highest BCUT2D eigenvalue weighted by atomic mass is 79.9. The number of rotatable bonds is 3. The molecular formula is C14H15BrN4O2. The van der Waals surface area contributed by atoms with Crippen molar-refractivity contribution in [3.8, 4) is 11.5 Å². The Morgan fingerprint density at radius 3 is 2.90 bits per heavy atom. The van der Waals surface area contributed by atoms with Crippen LogP contribution in [0.5, 0.6) is 11.5 Å². The lowest BCUT2D eigenvalue weighted by Gasteiger charge is -2.09. The Hall–Kier alpha value is -1.86. The lowest BCUT2D eigenvalue weighted by atomic mass is 10.1. The van der Waals surface area contributed by atoms with E-state index in [4.69, 9.17) is 10.5 Å². The molecule has 1 aliphatic heterocycles. The van der Waals surface area contributed by atoms with Gasteiger partial charge >= 0.3 is 0 Å². The van der Waals surface area contributed by atoms with E-state index >= 15 is 0 Å². The predicted octanol–water partition coefficient (Wildman–Crippen LogP) is 2.97. The van der Waals surface area contributed by atoms with E-state index in [0.29, 0.717) is 17.2 Å². The number of hydrogen-bond donors (Lipinski definition) is 2. The number of benzene rings is 1. The number of nitrogens with one attached hydrogen (secondary N) is 1. The second-order valence-electron chi connectivity index (χ2n) is 5.19. The zero-order chi connectivity index (χ0) is 15.1. The van der Waals surface area contributed by atoms with Crippen LogP contribution in [0.15, 0.2) is 29.0 Å². The third-order valence-electron chi connectivity index (χ3n) is 3.31. The minimum absolute atomic E-state index is 0.207. The van der Waals surface area contributed by atoms with Crippen LogP contribution < -0.4 is 15.8 Å². The number of fused-ring (bicyclic) bond motifs is 1. The van der Waals surface area contributed by atoms with E-state index in [-0.39, 0.29) is 11.9 Å². The number of nitrogens with zero attached hydrogens (tertiary/aromatic N) is 2. The maximum absolute atomic E-state index is 11.6. The summed E-state index contributed by atoms with van der Waals surface area (Å²) in [5, 5.41) is 6.96. The summed E-state index contributed by atoms with van der Waals surface area (Å²) in [7, 11) is 0. The van der Waals surface area contributed by atoms with Crippen molar-refractivity contribution in [2.75, 3.05) is 5.32 Å². The number of carbonyl (C=O) groups is 1. The molecule has 0 saturated carbocycles. The van der Waals surface area contributed by atoms with Crippen LogP contribution >= 0.6 is 15.9 Å². The molecule has 0 fully saturated rings. The molecule has 21 heavy (non-hydrogen) atoms. The largest absolute Gasteiger partial charge is 0.453 e. The standard InChI is InChI=1S/C14H15BrN4O2/c1-7(2)19-6-8(5-17-19)21-12-4-11-9(3-10(12)15)13(16)14(20)18-11/h3-7,13H,16H2,1-2H3,(H,18,20). The lowest BCUT2D eigenvalue weighted by molar-refractivity contribution is -0.116. The van der Waals surface area contributed by atoms with Crippen molar-refractivity contribution in [2.45, 2.75) is 25.9 Å². The maximum Gasteiger partial charge on any atom is 0.245 e. The van der Waals surface area contributed by atoms with Gasteiger partial charge < -0.3 is 15.8 Å². The van der Waals surface area contributed by atoms with Crippen LogP contribution in [0.2, 0.25) is 0 Å². The van der Waals surface area contributed by atoms with Crippen LogP contribution in [-0.2, 0) is 4.79 Å². The van der Waals surface area contributed by atoms with Gasteiger partial charge in [0.2, 0.25) is 5.91 Å². The van der Waals surface area contributed by atoms with Gasteiger partial charge in [0.1, 0.15) is 11.8 Å². The molecule has 0 bridgehead atoms. The zero-order valence-corrected chi connectivity index (χ0v) is 13.2. The molecule has 2 aromatic rings. The summed E-state index contributed by atoms with van der Waals surface area (Å²) in [5.74, 6) is 1.03. The van der Waals surface area contributed by atoms with Crippen LogP contribution in [0.25, 0.3) is 0 Å². The number of carbonyl (C=O) groups excluding carboxylic acids is 1. The lowest BCUT2D eigenvalue weighted by Crippen LogP contribution is -2.19. The van der Waals surface area contributed by atoms with Crippen molar-refractivity contribution < 1.29 is 9.53 Å². The summed E-state index contributed by atoms with van der Waals surface area (Å²) in [5.41, 5.74) is 7.25. The molecule has 0 saturated heterocycles. The van der Waals surface area contributed by atoms with Crippen LogP contribution in [-0.4, -0.2) is 15.7 Å². The SMILES string of the molecule is CC(C)n1cc(Oc2cc3c(cc2Br)C(N)C(=O)N3)cn1. The molecule has 6 nitrogen and oxygen atoms in total. The molecule has 3 N–H and O–H groups in total. The number of anilines is 1. The Morgan fingerprint density at radius 2 is 2.24 bits per heavy atom. The van der Waals surface area contributed by atoms with Crippen molar-refractivity contribution in [2.24, 2.45) is 5.73 Å². The Labute approximate surface area is 130 Å². The van der Waals surface area contributed by atoms with Crippen molar-refractivity contribution >= 4 is 27.5 Å².